The van der Waals surface area contributed by atoms with Crippen LogP contribution in [0.2, 0.25) is 5.02 Å². The number of benzene rings is 3. The quantitative estimate of drug-likeness (QED) is 0.105. The van der Waals surface area contributed by atoms with Gasteiger partial charge in [0.15, 0.2) is 5.76 Å². The first-order chi connectivity index (χ1) is 17.9. The van der Waals surface area contributed by atoms with Gasteiger partial charge in [-0.05, 0) is 42.5 Å². The van der Waals surface area contributed by atoms with E-state index in [9.17, 15) is 14.9 Å². The number of aromatic nitrogens is 2. The Bertz CT molecular complexity index is 1840. The molecule has 0 aliphatic rings. The topological polar surface area (TPSA) is 113 Å². The van der Waals surface area contributed by atoms with E-state index in [4.69, 9.17) is 27.2 Å². The number of ether oxygens (including phenoxy) is 1. The van der Waals surface area contributed by atoms with Gasteiger partial charge >= 0.3 is 5.69 Å². The molecule has 2 heterocycles. The van der Waals surface area contributed by atoms with Crippen LogP contribution in [0.3, 0.4) is 0 Å². The van der Waals surface area contributed by atoms with Crippen molar-refractivity contribution in [1.82, 2.24) is 9.66 Å². The summed E-state index contributed by atoms with van der Waals surface area (Å²) < 4.78 is 13.2. The van der Waals surface area contributed by atoms with Crippen LogP contribution in [0.15, 0.2) is 79.4 Å². The number of furan rings is 1. The summed E-state index contributed by atoms with van der Waals surface area (Å²) in [6, 6.07) is 16.7. The fourth-order valence-corrected chi connectivity index (χ4v) is 4.36. The van der Waals surface area contributed by atoms with Crippen LogP contribution >= 0.6 is 27.5 Å². The smallest absolute Gasteiger partial charge is 0.313 e. The molecule has 0 spiro atoms. The molecule has 37 heavy (non-hydrogen) atoms. The predicted molar refractivity (Wildman–Crippen MR) is 144 cm³/mol. The largest absolute Gasteiger partial charge is 0.473 e. The monoisotopic (exact) mass is 576 g/mol. The number of nitrogens with zero attached hydrogens (tertiary/aromatic N) is 4. The summed E-state index contributed by atoms with van der Waals surface area (Å²) in [5, 5.41) is 17.0. The third-order valence-electron chi connectivity index (χ3n) is 5.32. The number of rotatable bonds is 6. The van der Waals surface area contributed by atoms with E-state index in [2.05, 4.69) is 31.9 Å². The lowest BCUT2D eigenvalue weighted by Crippen LogP contribution is -2.20. The van der Waals surface area contributed by atoms with E-state index >= 15 is 0 Å². The van der Waals surface area contributed by atoms with Crippen LogP contribution in [-0.2, 0) is 0 Å². The van der Waals surface area contributed by atoms with Crippen molar-refractivity contribution in [3.05, 3.63) is 96.2 Å². The van der Waals surface area contributed by atoms with Crippen molar-refractivity contribution in [2.45, 2.75) is 0 Å². The van der Waals surface area contributed by atoms with E-state index in [1.165, 1.54) is 18.3 Å². The molecule has 0 aliphatic heterocycles. The number of hydrogen-bond donors (Lipinski definition) is 0. The highest BCUT2D eigenvalue weighted by atomic mass is 79.9. The zero-order valence-corrected chi connectivity index (χ0v) is 21.1. The number of para-hydroxylation sites is 1. The van der Waals surface area contributed by atoms with Gasteiger partial charge in [-0.2, -0.15) is 9.78 Å². The van der Waals surface area contributed by atoms with Gasteiger partial charge in [0.2, 0.25) is 11.6 Å². The average Bonchev–Trinajstić information content (AvgIpc) is 3.30. The Morgan fingerprint density at radius 1 is 1.24 bits per heavy atom. The molecule has 0 saturated heterocycles. The Balaban J connectivity index is 1.67. The summed E-state index contributed by atoms with van der Waals surface area (Å²) in [6.45, 7) is -0.191. The molecule has 0 aliphatic carbocycles. The van der Waals surface area contributed by atoms with Crippen LogP contribution < -0.4 is 10.3 Å². The molecule has 2 aromatic heterocycles. The predicted octanol–water partition coefficient (Wildman–Crippen LogP) is 6.03. The molecule has 0 saturated carbocycles. The molecular weight excluding hydrogens is 564 g/mol. The van der Waals surface area contributed by atoms with Gasteiger partial charge in [-0.25, -0.2) is 4.98 Å². The fourth-order valence-electron chi connectivity index (χ4n) is 3.71. The maximum atomic E-state index is 13.4. The molecule has 9 nitrogen and oxygen atoms in total. The molecule has 182 valence electrons. The highest BCUT2D eigenvalue weighted by Crippen LogP contribution is 2.36. The van der Waals surface area contributed by atoms with Crippen LogP contribution in [0.4, 0.5) is 5.69 Å². The third-order valence-corrected chi connectivity index (χ3v) is 6.09. The van der Waals surface area contributed by atoms with Gasteiger partial charge in [0.05, 0.1) is 27.1 Å². The van der Waals surface area contributed by atoms with Gasteiger partial charge in [-0.1, -0.05) is 45.6 Å². The first-order valence-electron chi connectivity index (χ1n) is 10.7. The minimum absolute atomic E-state index is 0.0297. The van der Waals surface area contributed by atoms with E-state index in [1.54, 1.807) is 36.4 Å². The van der Waals surface area contributed by atoms with Crippen molar-refractivity contribution in [1.29, 1.82) is 0 Å². The highest BCUT2D eigenvalue weighted by Gasteiger charge is 2.21. The Hall–Kier alpha value is -4.46. The molecule has 11 heteroatoms. The second kappa shape index (κ2) is 9.89. The lowest BCUT2D eigenvalue weighted by atomic mass is 10.2. The van der Waals surface area contributed by atoms with Crippen LogP contribution in [0.5, 0.6) is 5.75 Å². The van der Waals surface area contributed by atoms with Crippen molar-refractivity contribution in [2.75, 3.05) is 6.61 Å². The minimum Gasteiger partial charge on any atom is -0.473 e. The van der Waals surface area contributed by atoms with Crippen LogP contribution in [0, 0.1) is 22.5 Å². The van der Waals surface area contributed by atoms with Crippen LogP contribution in [0.25, 0.3) is 33.5 Å². The van der Waals surface area contributed by atoms with Gasteiger partial charge in [0.25, 0.3) is 5.56 Å². The molecule has 5 aromatic rings. The first-order valence-corrected chi connectivity index (χ1v) is 11.8. The van der Waals surface area contributed by atoms with E-state index in [1.807, 2.05) is 12.1 Å². The lowest BCUT2D eigenvalue weighted by Gasteiger charge is -2.08. The maximum Gasteiger partial charge on any atom is 0.313 e. The molecule has 0 bridgehead atoms. The summed E-state index contributed by atoms with van der Waals surface area (Å²) >= 11 is 9.67. The third kappa shape index (κ3) is 4.70. The molecule has 0 fully saturated rings. The number of halogens is 2. The molecule has 0 amide bonds. The van der Waals surface area contributed by atoms with E-state index in [0.29, 0.717) is 22.2 Å². The molecule has 0 N–H and O–H groups in total. The summed E-state index contributed by atoms with van der Waals surface area (Å²) in [5.41, 5.74) is 0.471. The summed E-state index contributed by atoms with van der Waals surface area (Å²) in [6.07, 6.45) is 6.45. The van der Waals surface area contributed by atoms with E-state index < -0.39 is 16.2 Å². The van der Waals surface area contributed by atoms with E-state index in [0.717, 1.165) is 14.5 Å². The summed E-state index contributed by atoms with van der Waals surface area (Å²) in [5.74, 6) is 2.56. The zero-order valence-electron chi connectivity index (χ0n) is 18.7. The molecule has 0 unspecified atom stereocenters. The fraction of sp³-hybridized carbons (Fsp3) is 0.0385. The summed E-state index contributed by atoms with van der Waals surface area (Å²) in [7, 11) is 0. The van der Waals surface area contributed by atoms with Crippen molar-refractivity contribution in [3.63, 3.8) is 0 Å². The number of hydrogen-bond acceptors (Lipinski definition) is 7. The average molecular weight is 578 g/mol. The Morgan fingerprint density at radius 3 is 2.84 bits per heavy atom. The number of nitro benzene ring substituents is 1. The van der Waals surface area contributed by atoms with Crippen molar-refractivity contribution in [2.24, 2.45) is 5.10 Å². The molecular formula is C26H14BrClN4O5. The minimum atomic E-state index is -0.642. The molecule has 0 radical (unpaired) electrons. The van der Waals surface area contributed by atoms with Gasteiger partial charge in [-0.15, -0.1) is 6.42 Å². The van der Waals surface area contributed by atoms with Crippen LogP contribution in [0.1, 0.15) is 5.56 Å². The van der Waals surface area contributed by atoms with Gasteiger partial charge < -0.3 is 9.15 Å². The molecule has 0 atom stereocenters. The molecule has 3 aromatic carbocycles. The first kappa shape index (κ1) is 24.2. The van der Waals surface area contributed by atoms with Gasteiger partial charge in [0, 0.05) is 21.5 Å². The normalized spacial score (nSPS) is 11.3. The maximum absolute atomic E-state index is 13.4. The van der Waals surface area contributed by atoms with Gasteiger partial charge in [-0.3, -0.25) is 14.9 Å². The number of nitro groups is 1. The Kier molecular flexibility index (Phi) is 6.48. The Labute approximate surface area is 222 Å². The van der Waals surface area contributed by atoms with Gasteiger partial charge in [0.1, 0.15) is 12.2 Å². The summed E-state index contributed by atoms with van der Waals surface area (Å²) in [4.78, 5) is 29.0. The lowest BCUT2D eigenvalue weighted by molar-refractivity contribution is -0.385. The van der Waals surface area contributed by atoms with Crippen molar-refractivity contribution < 1.29 is 14.1 Å². The van der Waals surface area contributed by atoms with E-state index in [-0.39, 0.29) is 28.8 Å². The number of fused-ring (bicyclic) bond motifs is 2. The zero-order chi connectivity index (χ0) is 26.1. The SMILES string of the molecule is C#CCOc1c(Cl)cc(C=Nn2c(-c3cc4cc(Br)ccc4o3)nc3ccccc3c2=O)cc1[N+](=O)[O-]. The Morgan fingerprint density at radius 2 is 2.05 bits per heavy atom. The second-order valence-corrected chi connectivity index (χ2v) is 9.03. The highest BCUT2D eigenvalue weighted by molar-refractivity contribution is 9.10. The number of terminal acetylenes is 1. The second-order valence-electron chi connectivity index (χ2n) is 7.71. The standard InChI is InChI=1S/C26H14BrClN4O5/c1-2-9-36-24-19(28)10-15(11-21(24)32(34)35)14-29-31-25(30-20-6-4-3-5-18(20)26(31)33)23-13-16-12-17(27)7-8-22(16)37-23/h1,3-8,10-14H,9H2. The molecule has 5 rings (SSSR count). The van der Waals surface area contributed by atoms with Crippen molar-refractivity contribution in [3.8, 4) is 29.7 Å². The van der Waals surface area contributed by atoms with Crippen LogP contribution in [-0.4, -0.2) is 27.4 Å². The van der Waals surface area contributed by atoms with Crippen molar-refractivity contribution >= 4 is 61.3 Å².